The molecule has 1 aliphatic rings. The lowest BCUT2D eigenvalue weighted by molar-refractivity contribution is 0.935. The summed E-state index contributed by atoms with van der Waals surface area (Å²) in [6, 6.07) is 19.1. The molecule has 1 atom stereocenters. The lowest BCUT2D eigenvalue weighted by Crippen LogP contribution is -2.26. The predicted octanol–water partition coefficient (Wildman–Crippen LogP) is 3.65. The molecule has 0 bridgehead atoms. The van der Waals surface area contributed by atoms with E-state index in [1.807, 2.05) is 0 Å². The third-order valence-electron chi connectivity index (χ3n) is 3.11. The summed E-state index contributed by atoms with van der Waals surface area (Å²) in [5, 5.41) is 4.93. The van der Waals surface area contributed by atoms with Crippen molar-refractivity contribution in [3.8, 4) is 0 Å². The molecular formula is C15H14IN2P. The van der Waals surface area contributed by atoms with Crippen LogP contribution in [0.4, 0.5) is 0 Å². The van der Waals surface area contributed by atoms with Gasteiger partial charge in [-0.25, -0.2) is 0 Å². The molecule has 2 aromatic carbocycles. The van der Waals surface area contributed by atoms with Gasteiger partial charge in [0.05, 0.1) is 5.71 Å². The first-order valence-corrected chi connectivity index (χ1v) is 10.4. The number of fused-ring (bicyclic) bond motifs is 1. The summed E-state index contributed by atoms with van der Waals surface area (Å²) in [5.41, 5.74) is 2.22. The highest BCUT2D eigenvalue weighted by Gasteiger charge is 2.16. The van der Waals surface area contributed by atoms with Gasteiger partial charge < -0.3 is 5.09 Å². The molecule has 2 nitrogen and oxygen atoms in total. The number of amidine groups is 1. The van der Waals surface area contributed by atoms with Crippen LogP contribution in [0, 0.1) is 0 Å². The van der Waals surface area contributed by atoms with Crippen LogP contribution in [0.25, 0.3) is 0 Å². The van der Waals surface area contributed by atoms with Gasteiger partial charge in [-0.1, -0.05) is 54.6 Å². The highest BCUT2D eigenvalue weighted by molar-refractivity contribution is 14.2. The van der Waals surface area contributed by atoms with Crippen LogP contribution in [0.3, 0.4) is 0 Å². The standard InChI is InChI=1S/C15H14IN2P/c16-19(13-7-2-1-3-8-13)18-15-14-9-5-4-6-12(14)10-11-17-15/h1-9H,10-11H2,(H,17,18). The fourth-order valence-corrected chi connectivity index (χ4v) is 4.75. The van der Waals surface area contributed by atoms with Gasteiger partial charge in [0, 0.05) is 17.4 Å². The third-order valence-corrected chi connectivity index (χ3v) is 6.66. The average Bonchev–Trinajstić information content (AvgIpc) is 2.48. The first-order valence-electron chi connectivity index (χ1n) is 6.25. The summed E-state index contributed by atoms with van der Waals surface area (Å²) in [7, 11) is 0. The second-order valence-electron chi connectivity index (χ2n) is 4.37. The Labute approximate surface area is 127 Å². The molecule has 0 radical (unpaired) electrons. The van der Waals surface area contributed by atoms with Gasteiger partial charge in [0.15, 0.2) is 0 Å². The monoisotopic (exact) mass is 380 g/mol. The Hall–Kier alpha value is -0.930. The zero-order chi connectivity index (χ0) is 13.1. The summed E-state index contributed by atoms with van der Waals surface area (Å²) in [5.74, 6) is 1.05. The summed E-state index contributed by atoms with van der Waals surface area (Å²) in [6.07, 6.45) is 1.05. The molecule has 0 amide bonds. The molecule has 4 heteroatoms. The van der Waals surface area contributed by atoms with Crippen molar-refractivity contribution >= 4 is 38.9 Å². The van der Waals surface area contributed by atoms with Crippen LogP contribution in [0.1, 0.15) is 11.1 Å². The first kappa shape index (κ1) is 13.1. The van der Waals surface area contributed by atoms with E-state index in [0.29, 0.717) is 0 Å². The van der Waals surface area contributed by atoms with E-state index in [-0.39, 0.29) is 0 Å². The number of aliphatic imine (C=N–C) groups is 1. The van der Waals surface area contributed by atoms with Gasteiger partial charge in [-0.2, -0.15) is 0 Å². The van der Waals surface area contributed by atoms with Gasteiger partial charge in [-0.05, 0) is 34.0 Å². The second kappa shape index (κ2) is 6.02. The highest BCUT2D eigenvalue weighted by atomic mass is 127. The largest absolute Gasteiger partial charge is 0.337 e. The normalized spacial score (nSPS) is 15.3. The molecule has 0 spiro atoms. The van der Waals surface area contributed by atoms with Gasteiger partial charge >= 0.3 is 0 Å². The molecule has 0 saturated heterocycles. The molecule has 19 heavy (non-hydrogen) atoms. The molecule has 1 aliphatic heterocycles. The van der Waals surface area contributed by atoms with E-state index in [1.54, 1.807) is 0 Å². The number of nitrogens with zero attached hydrogens (tertiary/aromatic N) is 1. The van der Waals surface area contributed by atoms with Crippen molar-refractivity contribution < 1.29 is 0 Å². The fourth-order valence-electron chi connectivity index (χ4n) is 2.15. The smallest absolute Gasteiger partial charge is 0.132 e. The van der Waals surface area contributed by atoms with Crippen molar-refractivity contribution in [1.82, 2.24) is 5.09 Å². The molecule has 1 unspecified atom stereocenters. The number of halogens is 1. The molecule has 0 fully saturated rings. The van der Waals surface area contributed by atoms with Gasteiger partial charge in [-0.3, -0.25) is 4.99 Å². The summed E-state index contributed by atoms with van der Waals surface area (Å²) in [6.45, 7) is 0.883. The SMILES string of the molecule is IP(NC1=NCCc2ccccc21)c1ccccc1. The topological polar surface area (TPSA) is 24.4 Å². The van der Waals surface area contributed by atoms with Crippen molar-refractivity contribution in [3.05, 3.63) is 65.7 Å². The number of rotatable bonds is 2. The van der Waals surface area contributed by atoms with E-state index in [9.17, 15) is 0 Å². The van der Waals surface area contributed by atoms with Crippen LogP contribution in [0.2, 0.25) is 0 Å². The minimum atomic E-state index is -0.434. The van der Waals surface area contributed by atoms with Crippen molar-refractivity contribution in [2.75, 3.05) is 6.54 Å². The molecule has 1 N–H and O–H groups in total. The van der Waals surface area contributed by atoms with Crippen LogP contribution >= 0.6 is 27.8 Å². The van der Waals surface area contributed by atoms with Gasteiger partial charge in [0.2, 0.25) is 0 Å². The van der Waals surface area contributed by atoms with Crippen LogP contribution in [0.5, 0.6) is 0 Å². The van der Waals surface area contributed by atoms with E-state index < -0.39 is 5.71 Å². The maximum absolute atomic E-state index is 4.65. The van der Waals surface area contributed by atoms with E-state index in [4.69, 9.17) is 0 Å². The Morgan fingerprint density at radius 3 is 2.58 bits per heavy atom. The summed E-state index contributed by atoms with van der Waals surface area (Å²) < 4.78 is 0. The number of hydrogen-bond donors (Lipinski definition) is 1. The maximum atomic E-state index is 4.65. The Balaban J connectivity index is 1.83. The zero-order valence-electron chi connectivity index (χ0n) is 10.4. The number of hydrogen-bond acceptors (Lipinski definition) is 2. The second-order valence-corrected chi connectivity index (χ2v) is 8.56. The first-order chi connectivity index (χ1) is 9.34. The lowest BCUT2D eigenvalue weighted by Gasteiger charge is -2.21. The van der Waals surface area contributed by atoms with Gasteiger partial charge in [0.25, 0.3) is 0 Å². The molecule has 0 aliphatic carbocycles. The van der Waals surface area contributed by atoms with Crippen molar-refractivity contribution in [2.45, 2.75) is 6.42 Å². The maximum Gasteiger partial charge on any atom is 0.132 e. The van der Waals surface area contributed by atoms with Crippen LogP contribution in [-0.4, -0.2) is 12.4 Å². The summed E-state index contributed by atoms with van der Waals surface area (Å²) >= 11 is 2.48. The minimum Gasteiger partial charge on any atom is -0.337 e. The zero-order valence-corrected chi connectivity index (χ0v) is 13.4. The fraction of sp³-hybridized carbons (Fsp3) is 0.133. The van der Waals surface area contributed by atoms with Gasteiger partial charge in [0.1, 0.15) is 5.84 Å². The average molecular weight is 380 g/mol. The Bertz CT molecular complexity index is 598. The van der Waals surface area contributed by atoms with Gasteiger partial charge in [-0.15, -0.1) is 0 Å². The minimum absolute atomic E-state index is 0.434. The van der Waals surface area contributed by atoms with Crippen molar-refractivity contribution in [1.29, 1.82) is 0 Å². The van der Waals surface area contributed by atoms with Crippen molar-refractivity contribution in [3.63, 3.8) is 0 Å². The lowest BCUT2D eigenvalue weighted by atomic mass is 10.0. The molecule has 0 aromatic heterocycles. The molecule has 2 aromatic rings. The molecule has 1 heterocycles. The van der Waals surface area contributed by atoms with Crippen LogP contribution < -0.4 is 10.4 Å². The molecule has 3 rings (SSSR count). The third kappa shape index (κ3) is 2.98. The van der Waals surface area contributed by atoms with Crippen LogP contribution in [0.15, 0.2) is 59.6 Å². The highest BCUT2D eigenvalue weighted by Crippen LogP contribution is 2.39. The Kier molecular flexibility index (Phi) is 4.14. The van der Waals surface area contributed by atoms with E-state index in [1.165, 1.54) is 16.4 Å². The Morgan fingerprint density at radius 2 is 1.74 bits per heavy atom. The molecular weight excluding hydrogens is 366 g/mol. The molecule has 96 valence electrons. The van der Waals surface area contributed by atoms with E-state index >= 15 is 0 Å². The Morgan fingerprint density at radius 1 is 1.00 bits per heavy atom. The number of nitrogens with one attached hydrogen (secondary N) is 1. The summed E-state index contributed by atoms with van der Waals surface area (Å²) in [4.78, 5) is 4.65. The van der Waals surface area contributed by atoms with Crippen molar-refractivity contribution in [2.24, 2.45) is 4.99 Å². The van der Waals surface area contributed by atoms with E-state index in [2.05, 4.69) is 86.7 Å². The molecule has 0 saturated carbocycles. The van der Waals surface area contributed by atoms with Crippen LogP contribution in [-0.2, 0) is 6.42 Å². The number of benzene rings is 2. The van der Waals surface area contributed by atoms with E-state index in [0.717, 1.165) is 18.8 Å². The predicted molar refractivity (Wildman–Crippen MR) is 91.7 cm³/mol. The quantitative estimate of drug-likeness (QED) is 0.625.